The third-order valence-electron chi connectivity index (χ3n) is 4.57. The highest BCUT2D eigenvalue weighted by molar-refractivity contribution is 6.01. The van der Waals surface area contributed by atoms with Crippen molar-refractivity contribution < 1.29 is 9.59 Å². The number of hydrogen-bond donors (Lipinski definition) is 4. The van der Waals surface area contributed by atoms with Gasteiger partial charge in [-0.3, -0.25) is 14.7 Å². The van der Waals surface area contributed by atoms with Gasteiger partial charge in [-0.2, -0.15) is 0 Å². The number of hydrogen-bond acceptors (Lipinski definition) is 3. The summed E-state index contributed by atoms with van der Waals surface area (Å²) in [5.74, 6) is 0.487. The number of fused-ring (bicyclic) bond motifs is 1. The molecule has 1 fully saturated rings. The van der Waals surface area contributed by atoms with E-state index in [0.29, 0.717) is 25.6 Å². The number of guanidine groups is 1. The van der Waals surface area contributed by atoms with E-state index in [0.717, 1.165) is 18.5 Å². The second-order valence-corrected chi connectivity index (χ2v) is 6.42. The minimum absolute atomic E-state index is 0.0803. The van der Waals surface area contributed by atoms with Crippen molar-refractivity contribution in [2.45, 2.75) is 20.3 Å². The average Bonchev–Trinajstić information content (AvgIpc) is 3.15. The summed E-state index contributed by atoms with van der Waals surface area (Å²) in [7, 11) is 0. The minimum Gasteiger partial charge on any atom is -0.358 e. The first-order valence-corrected chi connectivity index (χ1v) is 9.26. The molecule has 27 heavy (non-hydrogen) atoms. The van der Waals surface area contributed by atoms with Gasteiger partial charge in [-0.25, -0.2) is 4.79 Å². The van der Waals surface area contributed by atoms with Crippen LogP contribution in [0.2, 0.25) is 0 Å². The van der Waals surface area contributed by atoms with Crippen LogP contribution < -0.4 is 16.0 Å². The molecule has 0 saturated carbocycles. The summed E-state index contributed by atoms with van der Waals surface area (Å²) in [6.45, 7) is 6.31. The fourth-order valence-electron chi connectivity index (χ4n) is 3.25. The number of aromatic nitrogens is 1. The molecule has 1 aliphatic heterocycles. The Morgan fingerprint density at radius 2 is 2.07 bits per heavy atom. The van der Waals surface area contributed by atoms with Crippen molar-refractivity contribution in [3.05, 3.63) is 35.5 Å². The van der Waals surface area contributed by atoms with Crippen LogP contribution in [0.15, 0.2) is 29.3 Å². The highest BCUT2D eigenvalue weighted by atomic mass is 16.2. The van der Waals surface area contributed by atoms with Gasteiger partial charge in [-0.15, -0.1) is 0 Å². The van der Waals surface area contributed by atoms with E-state index in [1.165, 1.54) is 21.5 Å². The number of rotatable bonds is 7. The van der Waals surface area contributed by atoms with Gasteiger partial charge in [0.1, 0.15) is 0 Å². The molecule has 0 radical (unpaired) electrons. The molecule has 3 rings (SSSR count). The zero-order valence-electron chi connectivity index (χ0n) is 15.8. The highest BCUT2D eigenvalue weighted by Gasteiger charge is 2.27. The van der Waals surface area contributed by atoms with Crippen LogP contribution in [0.3, 0.4) is 0 Å². The first-order chi connectivity index (χ1) is 13.1. The number of para-hydroxylation sites is 1. The number of aliphatic imine (C=N–C) groups is 1. The molecule has 0 atom stereocenters. The molecule has 0 spiro atoms. The van der Waals surface area contributed by atoms with Gasteiger partial charge in [0, 0.05) is 42.8 Å². The lowest BCUT2D eigenvalue weighted by atomic mass is 10.1. The van der Waals surface area contributed by atoms with Crippen LogP contribution >= 0.6 is 0 Å². The number of urea groups is 1. The normalized spacial score (nSPS) is 14.7. The van der Waals surface area contributed by atoms with Gasteiger partial charge in [0.2, 0.25) is 5.91 Å². The SMILES string of the molecule is CCNC(=NCCc1c(C)[nH]c2ccccc12)NCCN1C(=O)CNC1=O. The molecule has 1 aliphatic rings. The number of nitrogens with zero attached hydrogens (tertiary/aromatic N) is 2. The summed E-state index contributed by atoms with van der Waals surface area (Å²) < 4.78 is 0. The van der Waals surface area contributed by atoms with E-state index in [9.17, 15) is 9.59 Å². The minimum atomic E-state index is -0.335. The van der Waals surface area contributed by atoms with Gasteiger partial charge < -0.3 is 20.9 Å². The third kappa shape index (κ3) is 4.39. The number of amides is 3. The van der Waals surface area contributed by atoms with Crippen LogP contribution in [0.4, 0.5) is 4.79 Å². The molecule has 2 aromatic rings. The molecule has 3 amide bonds. The van der Waals surface area contributed by atoms with E-state index in [4.69, 9.17) is 0 Å². The van der Waals surface area contributed by atoms with Crippen molar-refractivity contribution in [2.24, 2.45) is 4.99 Å². The second kappa shape index (κ2) is 8.57. The monoisotopic (exact) mass is 370 g/mol. The van der Waals surface area contributed by atoms with Crippen LogP contribution in [0, 0.1) is 6.92 Å². The Kier molecular flexibility index (Phi) is 5.95. The fourth-order valence-corrected chi connectivity index (χ4v) is 3.25. The molecule has 8 heteroatoms. The van der Waals surface area contributed by atoms with E-state index in [1.807, 2.05) is 19.1 Å². The van der Waals surface area contributed by atoms with E-state index in [-0.39, 0.29) is 18.5 Å². The number of nitrogens with one attached hydrogen (secondary N) is 4. The van der Waals surface area contributed by atoms with Crippen LogP contribution in [0.1, 0.15) is 18.2 Å². The van der Waals surface area contributed by atoms with Crippen molar-refractivity contribution in [3.8, 4) is 0 Å². The number of aromatic amines is 1. The molecule has 0 bridgehead atoms. The molecule has 144 valence electrons. The summed E-state index contributed by atoms with van der Waals surface area (Å²) in [6, 6.07) is 7.94. The first-order valence-electron chi connectivity index (χ1n) is 9.26. The Morgan fingerprint density at radius 3 is 2.81 bits per heavy atom. The second-order valence-electron chi connectivity index (χ2n) is 6.42. The van der Waals surface area contributed by atoms with E-state index in [2.05, 4.69) is 45.0 Å². The van der Waals surface area contributed by atoms with Gasteiger partial charge in [0.15, 0.2) is 5.96 Å². The van der Waals surface area contributed by atoms with Crippen LogP contribution in [0.25, 0.3) is 10.9 Å². The van der Waals surface area contributed by atoms with Crippen molar-refractivity contribution in [1.29, 1.82) is 0 Å². The van der Waals surface area contributed by atoms with Crippen LogP contribution in [0.5, 0.6) is 0 Å². The first kappa shape index (κ1) is 18.8. The maximum absolute atomic E-state index is 11.6. The van der Waals surface area contributed by atoms with E-state index in [1.54, 1.807) is 0 Å². The van der Waals surface area contributed by atoms with Crippen molar-refractivity contribution in [1.82, 2.24) is 25.8 Å². The maximum Gasteiger partial charge on any atom is 0.324 e. The molecule has 0 aliphatic carbocycles. The smallest absolute Gasteiger partial charge is 0.324 e. The molecule has 8 nitrogen and oxygen atoms in total. The Balaban J connectivity index is 1.56. The summed E-state index contributed by atoms with van der Waals surface area (Å²) in [5.41, 5.74) is 3.60. The maximum atomic E-state index is 11.6. The summed E-state index contributed by atoms with van der Waals surface area (Å²) in [6.07, 6.45) is 0.833. The van der Waals surface area contributed by atoms with E-state index >= 15 is 0 Å². The lowest BCUT2D eigenvalue weighted by molar-refractivity contribution is -0.124. The zero-order valence-corrected chi connectivity index (χ0v) is 15.8. The lowest BCUT2D eigenvalue weighted by Gasteiger charge is -2.15. The predicted molar refractivity (Wildman–Crippen MR) is 106 cm³/mol. The lowest BCUT2D eigenvalue weighted by Crippen LogP contribution is -2.43. The summed E-state index contributed by atoms with van der Waals surface area (Å²) in [4.78, 5) is 32.4. The summed E-state index contributed by atoms with van der Waals surface area (Å²) in [5, 5.41) is 10.1. The molecule has 1 saturated heterocycles. The van der Waals surface area contributed by atoms with Gasteiger partial charge in [0.05, 0.1) is 6.54 Å². The zero-order chi connectivity index (χ0) is 19.2. The Bertz CT molecular complexity index is 841. The Labute approximate surface area is 158 Å². The molecule has 4 N–H and O–H groups in total. The van der Waals surface area contributed by atoms with Gasteiger partial charge >= 0.3 is 6.03 Å². The largest absolute Gasteiger partial charge is 0.358 e. The number of benzene rings is 1. The topological polar surface area (TPSA) is 102 Å². The number of aryl methyl sites for hydroxylation is 1. The number of H-pyrrole nitrogens is 1. The molecule has 1 aromatic heterocycles. The van der Waals surface area contributed by atoms with Gasteiger partial charge in [-0.1, -0.05) is 18.2 Å². The standard InChI is InChI=1S/C19H26N6O2/c1-3-20-18(22-10-11-25-17(26)12-23-19(25)27)21-9-8-14-13(2)24-16-7-5-4-6-15(14)16/h4-7,24H,3,8-12H2,1-2H3,(H,23,27)(H2,20,21,22). The number of imide groups is 1. The average molecular weight is 370 g/mol. The van der Waals surface area contributed by atoms with Crippen LogP contribution in [-0.2, 0) is 11.2 Å². The predicted octanol–water partition coefficient (Wildman–Crippen LogP) is 1.13. The third-order valence-corrected chi connectivity index (χ3v) is 4.57. The fraction of sp³-hybridized carbons (Fsp3) is 0.421. The molecular weight excluding hydrogens is 344 g/mol. The van der Waals surface area contributed by atoms with E-state index < -0.39 is 0 Å². The highest BCUT2D eigenvalue weighted by Crippen LogP contribution is 2.22. The van der Waals surface area contributed by atoms with Crippen molar-refractivity contribution in [3.63, 3.8) is 0 Å². The Hall–Kier alpha value is -3.03. The van der Waals surface area contributed by atoms with Crippen LogP contribution in [-0.4, -0.2) is 60.5 Å². The molecule has 2 heterocycles. The van der Waals surface area contributed by atoms with Crippen molar-refractivity contribution in [2.75, 3.05) is 32.7 Å². The molecular formula is C19H26N6O2. The number of carbonyl (C=O) groups is 2. The molecule has 0 unspecified atom stereocenters. The number of carbonyl (C=O) groups excluding carboxylic acids is 2. The van der Waals surface area contributed by atoms with Gasteiger partial charge in [0.25, 0.3) is 0 Å². The molecule has 1 aromatic carbocycles. The quantitative estimate of drug-likeness (QED) is 0.333. The Morgan fingerprint density at radius 1 is 1.26 bits per heavy atom. The van der Waals surface area contributed by atoms with Gasteiger partial charge in [-0.05, 0) is 31.9 Å². The summed E-state index contributed by atoms with van der Waals surface area (Å²) >= 11 is 0. The van der Waals surface area contributed by atoms with Crippen molar-refractivity contribution >= 4 is 28.8 Å².